The Hall–Kier alpha value is -1.18. The third-order valence-electron chi connectivity index (χ3n) is 2.94. The molecule has 0 aliphatic carbocycles. The molecule has 0 bridgehead atoms. The van der Waals surface area contributed by atoms with Crippen molar-refractivity contribution < 1.29 is 4.74 Å². The Balaban J connectivity index is 2.36. The molecule has 0 aliphatic rings. The van der Waals surface area contributed by atoms with E-state index in [9.17, 15) is 0 Å². The molecule has 0 radical (unpaired) electrons. The minimum absolute atomic E-state index is 0.430. The molecule has 0 unspecified atom stereocenters. The van der Waals surface area contributed by atoms with Crippen LogP contribution in [0.4, 0.5) is 0 Å². The summed E-state index contributed by atoms with van der Waals surface area (Å²) in [6.45, 7) is 4.08. The first kappa shape index (κ1) is 14.2. The smallest absolute Gasteiger partial charge is 0.131 e. The van der Waals surface area contributed by atoms with Gasteiger partial charge in [0.1, 0.15) is 11.5 Å². The Labute approximate surface area is 124 Å². The van der Waals surface area contributed by atoms with Crippen LogP contribution in [0.3, 0.4) is 0 Å². The van der Waals surface area contributed by atoms with Crippen molar-refractivity contribution in [2.75, 3.05) is 0 Å². The second-order valence-electron chi connectivity index (χ2n) is 4.59. The lowest BCUT2D eigenvalue weighted by Crippen LogP contribution is -1.94. The molecule has 0 amide bonds. The van der Waals surface area contributed by atoms with Crippen molar-refractivity contribution in [1.82, 2.24) is 0 Å². The zero-order valence-electron chi connectivity index (χ0n) is 11.0. The molecule has 19 heavy (non-hydrogen) atoms. The van der Waals surface area contributed by atoms with Gasteiger partial charge in [-0.25, -0.2) is 0 Å². The average molecular weight is 295 g/mol. The number of benzene rings is 2. The molecule has 100 valence electrons. The first-order valence-electron chi connectivity index (χ1n) is 6.13. The largest absolute Gasteiger partial charge is 0.457 e. The third kappa shape index (κ3) is 3.43. The van der Waals surface area contributed by atoms with E-state index in [0.717, 1.165) is 22.6 Å². The van der Waals surface area contributed by atoms with Gasteiger partial charge >= 0.3 is 0 Å². The molecule has 0 aromatic heterocycles. The molecule has 0 heterocycles. The number of halogens is 2. The van der Waals surface area contributed by atoms with Crippen LogP contribution in [0.5, 0.6) is 11.5 Å². The second kappa shape index (κ2) is 6.31. The van der Waals surface area contributed by atoms with E-state index >= 15 is 0 Å². The van der Waals surface area contributed by atoms with Crippen molar-refractivity contribution in [2.24, 2.45) is 0 Å². The molecule has 0 saturated carbocycles. The van der Waals surface area contributed by atoms with Gasteiger partial charge in [0.15, 0.2) is 0 Å². The van der Waals surface area contributed by atoms with Gasteiger partial charge in [-0.1, -0.05) is 35.4 Å². The van der Waals surface area contributed by atoms with Crippen molar-refractivity contribution in [2.45, 2.75) is 25.6 Å². The van der Waals surface area contributed by atoms with Crippen LogP contribution in [-0.4, -0.2) is 0 Å². The molecule has 0 aliphatic heterocycles. The summed E-state index contributed by atoms with van der Waals surface area (Å²) in [4.78, 5) is 0. The molecule has 2 aromatic rings. The number of rotatable bonds is 4. The lowest BCUT2D eigenvalue weighted by molar-refractivity contribution is 0.474. The normalized spacial score (nSPS) is 10.5. The van der Waals surface area contributed by atoms with Crippen molar-refractivity contribution in [1.29, 1.82) is 0 Å². The van der Waals surface area contributed by atoms with E-state index in [1.54, 1.807) is 0 Å². The lowest BCUT2D eigenvalue weighted by atomic mass is 10.1. The number of alkyl halides is 2. The summed E-state index contributed by atoms with van der Waals surface area (Å²) in [5, 5.41) is 0. The third-order valence-corrected chi connectivity index (χ3v) is 3.52. The predicted molar refractivity (Wildman–Crippen MR) is 81.5 cm³/mol. The first-order chi connectivity index (χ1) is 9.13. The molecule has 2 aromatic carbocycles. The molecule has 2 rings (SSSR count). The minimum atomic E-state index is 0.430. The van der Waals surface area contributed by atoms with Gasteiger partial charge in [-0.2, -0.15) is 0 Å². The molecule has 0 N–H and O–H groups in total. The highest BCUT2D eigenvalue weighted by Gasteiger charge is 2.08. The van der Waals surface area contributed by atoms with Crippen molar-refractivity contribution in [3.05, 3.63) is 58.7 Å². The van der Waals surface area contributed by atoms with Gasteiger partial charge in [-0.15, -0.1) is 23.2 Å². The van der Waals surface area contributed by atoms with Crippen LogP contribution < -0.4 is 4.74 Å². The van der Waals surface area contributed by atoms with Crippen LogP contribution in [0.15, 0.2) is 36.4 Å². The molecular weight excluding hydrogens is 279 g/mol. The summed E-state index contributed by atoms with van der Waals surface area (Å²) in [6.07, 6.45) is 0. The Morgan fingerprint density at radius 1 is 0.789 bits per heavy atom. The molecule has 0 fully saturated rings. The number of ether oxygens (including phenoxy) is 1. The van der Waals surface area contributed by atoms with Crippen LogP contribution in [-0.2, 0) is 11.8 Å². The maximum absolute atomic E-state index is 5.96. The molecule has 0 spiro atoms. The maximum atomic E-state index is 5.96. The van der Waals surface area contributed by atoms with Crippen molar-refractivity contribution in [3.63, 3.8) is 0 Å². The van der Waals surface area contributed by atoms with E-state index in [2.05, 4.69) is 0 Å². The second-order valence-corrected chi connectivity index (χ2v) is 5.13. The van der Waals surface area contributed by atoms with Gasteiger partial charge in [0, 0.05) is 11.1 Å². The van der Waals surface area contributed by atoms with Crippen LogP contribution in [0, 0.1) is 13.8 Å². The highest BCUT2D eigenvalue weighted by Crippen LogP contribution is 2.31. The standard InChI is InChI=1S/C16H16Cl2O/c1-11-3-5-15(13(7-11)9-17)19-16-6-4-12(2)8-14(16)10-18/h3-8H,9-10H2,1-2H3. The number of hydrogen-bond acceptors (Lipinski definition) is 1. The van der Waals surface area contributed by atoms with Gasteiger partial charge in [-0.05, 0) is 26.0 Å². The van der Waals surface area contributed by atoms with Crippen molar-refractivity contribution >= 4 is 23.2 Å². The topological polar surface area (TPSA) is 9.23 Å². The fraction of sp³-hybridized carbons (Fsp3) is 0.250. The van der Waals surface area contributed by atoms with E-state index < -0.39 is 0 Å². The van der Waals surface area contributed by atoms with Gasteiger partial charge in [0.2, 0.25) is 0 Å². The van der Waals surface area contributed by atoms with E-state index in [1.807, 2.05) is 50.2 Å². The summed E-state index contributed by atoms with van der Waals surface area (Å²) in [6, 6.07) is 12.0. The fourth-order valence-electron chi connectivity index (χ4n) is 1.94. The first-order valence-corrected chi connectivity index (χ1v) is 7.19. The molecular formula is C16H16Cl2O. The summed E-state index contributed by atoms with van der Waals surface area (Å²) in [5.74, 6) is 2.43. The maximum Gasteiger partial charge on any atom is 0.131 e. The lowest BCUT2D eigenvalue weighted by Gasteiger charge is -2.13. The van der Waals surface area contributed by atoms with Gasteiger partial charge < -0.3 is 4.74 Å². The van der Waals surface area contributed by atoms with E-state index in [0.29, 0.717) is 11.8 Å². The van der Waals surface area contributed by atoms with Gasteiger partial charge in [-0.3, -0.25) is 0 Å². The molecule has 0 atom stereocenters. The van der Waals surface area contributed by atoms with Crippen LogP contribution in [0.2, 0.25) is 0 Å². The highest BCUT2D eigenvalue weighted by atomic mass is 35.5. The Kier molecular flexibility index (Phi) is 4.73. The number of aryl methyl sites for hydroxylation is 2. The predicted octanol–water partition coefficient (Wildman–Crippen LogP) is 5.57. The van der Waals surface area contributed by atoms with Crippen LogP contribution >= 0.6 is 23.2 Å². The van der Waals surface area contributed by atoms with Crippen LogP contribution in [0.1, 0.15) is 22.3 Å². The van der Waals surface area contributed by atoms with Crippen LogP contribution in [0.25, 0.3) is 0 Å². The summed E-state index contributed by atoms with van der Waals surface area (Å²) < 4.78 is 5.96. The molecule has 1 nitrogen and oxygen atoms in total. The van der Waals surface area contributed by atoms with Crippen molar-refractivity contribution in [3.8, 4) is 11.5 Å². The summed E-state index contributed by atoms with van der Waals surface area (Å²) in [7, 11) is 0. The Morgan fingerprint density at radius 2 is 1.21 bits per heavy atom. The Bertz CT molecular complexity index is 527. The van der Waals surface area contributed by atoms with E-state index in [4.69, 9.17) is 27.9 Å². The van der Waals surface area contributed by atoms with Gasteiger partial charge in [0.25, 0.3) is 0 Å². The van der Waals surface area contributed by atoms with E-state index in [1.165, 1.54) is 11.1 Å². The molecule has 3 heteroatoms. The highest BCUT2D eigenvalue weighted by molar-refractivity contribution is 6.17. The van der Waals surface area contributed by atoms with E-state index in [-0.39, 0.29) is 0 Å². The SMILES string of the molecule is Cc1ccc(Oc2ccc(C)cc2CCl)c(CCl)c1. The Morgan fingerprint density at radius 3 is 1.58 bits per heavy atom. The fourth-order valence-corrected chi connectivity index (χ4v) is 2.36. The van der Waals surface area contributed by atoms with Gasteiger partial charge in [0.05, 0.1) is 11.8 Å². The summed E-state index contributed by atoms with van der Waals surface area (Å²) >= 11 is 11.9. The summed E-state index contributed by atoms with van der Waals surface area (Å²) in [5.41, 5.74) is 4.32. The monoisotopic (exact) mass is 294 g/mol. The minimum Gasteiger partial charge on any atom is -0.457 e. The molecule has 0 saturated heterocycles. The number of hydrogen-bond donors (Lipinski definition) is 0. The zero-order valence-corrected chi connectivity index (χ0v) is 12.6. The zero-order chi connectivity index (χ0) is 13.8. The quantitative estimate of drug-likeness (QED) is 0.670. The average Bonchev–Trinajstić information content (AvgIpc) is 2.42.